The number of benzene rings is 1. The van der Waals surface area contributed by atoms with Gasteiger partial charge in [0.1, 0.15) is 0 Å². The van der Waals surface area contributed by atoms with Gasteiger partial charge in [-0.05, 0) is 41.1 Å². The Morgan fingerprint density at radius 3 is 2.53 bits per heavy atom. The minimum absolute atomic E-state index is 0.121. The van der Waals surface area contributed by atoms with Crippen LogP contribution in [0.5, 0.6) is 0 Å². The van der Waals surface area contributed by atoms with Crippen LogP contribution in [0.25, 0.3) is 0 Å². The van der Waals surface area contributed by atoms with Crippen LogP contribution in [0.2, 0.25) is 0 Å². The van der Waals surface area contributed by atoms with Crippen LogP contribution in [0.4, 0.5) is 0 Å². The Balaban J connectivity index is 3.00. The number of amides is 1. The maximum atomic E-state index is 12.2. The standard InChI is InChI=1S/C11H12Br2N2OS/c1-6(10(14)17)15(2)11(16)8-4-3-7(12)5-9(8)13/h3-6H,1-2H3,(H2,14,17). The predicted molar refractivity (Wildman–Crippen MR) is 80.2 cm³/mol. The van der Waals surface area contributed by atoms with Gasteiger partial charge in [0.25, 0.3) is 5.91 Å². The van der Waals surface area contributed by atoms with Crippen molar-refractivity contribution >= 4 is 55.0 Å². The van der Waals surface area contributed by atoms with E-state index in [-0.39, 0.29) is 11.9 Å². The molecule has 17 heavy (non-hydrogen) atoms. The van der Waals surface area contributed by atoms with Crippen LogP contribution >= 0.6 is 44.1 Å². The minimum Gasteiger partial charge on any atom is -0.392 e. The number of carbonyl (C=O) groups excluding carboxylic acids is 1. The van der Waals surface area contributed by atoms with Gasteiger partial charge in [-0.2, -0.15) is 0 Å². The lowest BCUT2D eigenvalue weighted by Gasteiger charge is -2.24. The third-order valence-corrected chi connectivity index (χ3v) is 3.97. The van der Waals surface area contributed by atoms with Crippen LogP contribution in [0.1, 0.15) is 17.3 Å². The highest BCUT2D eigenvalue weighted by molar-refractivity contribution is 9.11. The fourth-order valence-electron chi connectivity index (χ4n) is 1.22. The Hall–Kier alpha value is -0.460. The average Bonchev–Trinajstić information content (AvgIpc) is 2.26. The molecule has 1 aromatic carbocycles. The summed E-state index contributed by atoms with van der Waals surface area (Å²) in [6.45, 7) is 1.80. The summed E-state index contributed by atoms with van der Waals surface area (Å²) in [5.41, 5.74) is 6.12. The Morgan fingerprint density at radius 2 is 2.06 bits per heavy atom. The van der Waals surface area contributed by atoms with Crippen LogP contribution in [-0.2, 0) is 0 Å². The number of likely N-dealkylation sites (N-methyl/N-ethyl adjacent to an activating group) is 1. The first-order valence-electron chi connectivity index (χ1n) is 4.86. The largest absolute Gasteiger partial charge is 0.392 e. The molecule has 2 N–H and O–H groups in total. The fraction of sp³-hybridized carbons (Fsp3) is 0.273. The molecule has 3 nitrogen and oxygen atoms in total. The molecule has 0 saturated carbocycles. The van der Waals surface area contributed by atoms with Crippen molar-refractivity contribution in [2.75, 3.05) is 7.05 Å². The van der Waals surface area contributed by atoms with Gasteiger partial charge in [0.05, 0.1) is 16.6 Å². The number of hydrogen-bond acceptors (Lipinski definition) is 2. The highest BCUT2D eigenvalue weighted by atomic mass is 79.9. The summed E-state index contributed by atoms with van der Waals surface area (Å²) < 4.78 is 1.64. The zero-order valence-corrected chi connectivity index (χ0v) is 13.4. The number of halogens is 2. The monoisotopic (exact) mass is 378 g/mol. The SMILES string of the molecule is CC(C(N)=S)N(C)C(=O)c1ccc(Br)cc1Br. The van der Waals surface area contributed by atoms with Gasteiger partial charge in [-0.1, -0.05) is 28.1 Å². The van der Waals surface area contributed by atoms with E-state index in [1.165, 1.54) is 4.90 Å². The van der Waals surface area contributed by atoms with Gasteiger partial charge in [0, 0.05) is 16.0 Å². The molecule has 1 atom stereocenters. The van der Waals surface area contributed by atoms with E-state index in [0.717, 1.165) is 8.95 Å². The van der Waals surface area contributed by atoms with Gasteiger partial charge in [-0.3, -0.25) is 4.79 Å². The summed E-state index contributed by atoms with van der Waals surface area (Å²) in [5.74, 6) is -0.121. The summed E-state index contributed by atoms with van der Waals surface area (Å²) in [5, 5.41) is 0. The highest BCUT2D eigenvalue weighted by Gasteiger charge is 2.20. The first kappa shape index (κ1) is 14.6. The van der Waals surface area contributed by atoms with E-state index >= 15 is 0 Å². The normalized spacial score (nSPS) is 12.0. The Bertz CT molecular complexity index is 465. The molecule has 0 bridgehead atoms. The third kappa shape index (κ3) is 3.50. The van der Waals surface area contributed by atoms with Gasteiger partial charge in [-0.25, -0.2) is 0 Å². The van der Waals surface area contributed by atoms with Crippen molar-refractivity contribution in [2.45, 2.75) is 13.0 Å². The number of nitrogens with zero attached hydrogens (tertiary/aromatic N) is 1. The van der Waals surface area contributed by atoms with Gasteiger partial charge >= 0.3 is 0 Å². The van der Waals surface area contributed by atoms with E-state index in [1.807, 2.05) is 12.1 Å². The van der Waals surface area contributed by atoms with Gasteiger partial charge in [0.15, 0.2) is 0 Å². The molecule has 1 rings (SSSR count). The fourth-order valence-corrected chi connectivity index (χ4v) is 2.59. The minimum atomic E-state index is -0.270. The number of nitrogens with two attached hydrogens (primary N) is 1. The molecule has 1 amide bonds. The molecule has 0 radical (unpaired) electrons. The molecule has 0 saturated heterocycles. The second kappa shape index (κ2) is 5.93. The second-order valence-electron chi connectivity index (χ2n) is 3.62. The quantitative estimate of drug-likeness (QED) is 0.821. The molecule has 0 aromatic heterocycles. The van der Waals surface area contributed by atoms with Crippen molar-refractivity contribution in [3.05, 3.63) is 32.7 Å². The van der Waals surface area contributed by atoms with Crippen molar-refractivity contribution in [3.63, 3.8) is 0 Å². The molecule has 1 aromatic rings. The molecular formula is C11H12Br2N2OS. The molecule has 0 aliphatic rings. The number of hydrogen-bond donors (Lipinski definition) is 1. The van der Waals surface area contributed by atoms with Crippen LogP contribution in [-0.4, -0.2) is 28.9 Å². The summed E-state index contributed by atoms with van der Waals surface area (Å²) >= 11 is 11.6. The van der Waals surface area contributed by atoms with Crippen LogP contribution in [0.15, 0.2) is 27.1 Å². The van der Waals surface area contributed by atoms with Crippen molar-refractivity contribution in [1.82, 2.24) is 4.90 Å². The van der Waals surface area contributed by atoms with E-state index in [1.54, 1.807) is 20.0 Å². The summed E-state index contributed by atoms with van der Waals surface area (Å²) in [6, 6.07) is 5.12. The maximum absolute atomic E-state index is 12.2. The first-order chi connectivity index (χ1) is 7.84. The molecular weight excluding hydrogens is 368 g/mol. The Kier molecular flexibility index (Phi) is 5.09. The molecule has 0 aliphatic carbocycles. The topological polar surface area (TPSA) is 46.3 Å². The summed E-state index contributed by atoms with van der Waals surface area (Å²) in [6.07, 6.45) is 0. The van der Waals surface area contributed by atoms with E-state index in [9.17, 15) is 4.79 Å². The molecule has 0 aliphatic heterocycles. The number of carbonyl (C=O) groups is 1. The zero-order valence-electron chi connectivity index (χ0n) is 9.41. The third-order valence-electron chi connectivity index (χ3n) is 2.47. The van der Waals surface area contributed by atoms with Crippen molar-refractivity contribution in [3.8, 4) is 0 Å². The van der Waals surface area contributed by atoms with Crippen molar-refractivity contribution in [2.24, 2.45) is 5.73 Å². The van der Waals surface area contributed by atoms with Crippen molar-refractivity contribution < 1.29 is 4.79 Å². The first-order valence-corrected chi connectivity index (χ1v) is 6.85. The molecule has 0 spiro atoms. The lowest BCUT2D eigenvalue weighted by molar-refractivity contribution is 0.0778. The lowest BCUT2D eigenvalue weighted by Crippen LogP contribution is -2.42. The summed E-state index contributed by atoms with van der Waals surface area (Å²) in [7, 11) is 1.68. The van der Waals surface area contributed by atoms with E-state index < -0.39 is 0 Å². The lowest BCUT2D eigenvalue weighted by atomic mass is 10.2. The van der Waals surface area contributed by atoms with Crippen molar-refractivity contribution in [1.29, 1.82) is 0 Å². The Morgan fingerprint density at radius 1 is 1.47 bits per heavy atom. The predicted octanol–water partition coefficient (Wildman–Crippen LogP) is 2.96. The Labute approximate surface area is 123 Å². The zero-order chi connectivity index (χ0) is 13.2. The molecule has 0 fully saturated rings. The van der Waals surface area contributed by atoms with Gasteiger partial charge < -0.3 is 10.6 Å². The number of rotatable bonds is 3. The molecule has 0 heterocycles. The van der Waals surface area contributed by atoms with E-state index in [2.05, 4.69) is 31.9 Å². The molecule has 92 valence electrons. The van der Waals surface area contributed by atoms with Crippen LogP contribution < -0.4 is 5.73 Å². The van der Waals surface area contributed by atoms with Crippen LogP contribution in [0.3, 0.4) is 0 Å². The second-order valence-corrected chi connectivity index (χ2v) is 5.86. The smallest absolute Gasteiger partial charge is 0.255 e. The van der Waals surface area contributed by atoms with E-state index in [4.69, 9.17) is 18.0 Å². The molecule has 1 unspecified atom stereocenters. The van der Waals surface area contributed by atoms with Crippen LogP contribution in [0, 0.1) is 0 Å². The molecule has 6 heteroatoms. The number of thiocarbonyl (C=S) groups is 1. The maximum Gasteiger partial charge on any atom is 0.255 e. The average molecular weight is 380 g/mol. The van der Waals surface area contributed by atoms with Gasteiger partial charge in [0.2, 0.25) is 0 Å². The van der Waals surface area contributed by atoms with E-state index in [0.29, 0.717) is 10.6 Å². The highest BCUT2D eigenvalue weighted by Crippen LogP contribution is 2.23. The summed E-state index contributed by atoms with van der Waals surface area (Å²) in [4.78, 5) is 14.0. The van der Waals surface area contributed by atoms with Gasteiger partial charge in [-0.15, -0.1) is 0 Å².